The molecule has 5 heteroatoms. The van der Waals surface area contributed by atoms with Gasteiger partial charge in [-0.05, 0) is 46.1 Å². The number of carbonyl (C=O) groups excluding carboxylic acids is 1. The Labute approximate surface area is 141 Å². The van der Waals surface area contributed by atoms with E-state index in [4.69, 9.17) is 0 Å². The molecule has 0 radical (unpaired) electrons. The highest BCUT2D eigenvalue weighted by Crippen LogP contribution is 2.15. The lowest BCUT2D eigenvalue weighted by molar-refractivity contribution is 0.160. The minimum absolute atomic E-state index is 0.00647. The first kappa shape index (κ1) is 18.3. The van der Waals surface area contributed by atoms with E-state index >= 15 is 0 Å². The topological polar surface area (TPSA) is 47.6 Å². The Morgan fingerprint density at radius 2 is 1.91 bits per heavy atom. The Hall–Kier alpha value is -1.07. The molecule has 2 rings (SSSR count). The fourth-order valence-corrected chi connectivity index (χ4v) is 3.66. The molecular formula is C18H34N4O. The molecule has 5 nitrogen and oxygen atoms in total. The van der Waals surface area contributed by atoms with Crippen LogP contribution in [0.15, 0.2) is 12.2 Å². The Morgan fingerprint density at radius 1 is 1.17 bits per heavy atom. The number of urea groups is 1. The molecule has 0 aromatic heterocycles. The zero-order valence-electron chi connectivity index (χ0n) is 14.9. The molecule has 0 bridgehead atoms. The van der Waals surface area contributed by atoms with Crippen molar-refractivity contribution in [3.63, 3.8) is 0 Å². The SMILES string of the molecule is C=C(C)CN1CCC(NC(=O)NCCN2CCCCC2C)CC1. The number of carbonyl (C=O) groups is 1. The van der Waals surface area contributed by atoms with Crippen molar-refractivity contribution in [1.82, 2.24) is 20.4 Å². The molecular weight excluding hydrogens is 288 g/mol. The predicted molar refractivity (Wildman–Crippen MR) is 95.7 cm³/mol. The van der Waals surface area contributed by atoms with Crippen molar-refractivity contribution >= 4 is 6.03 Å². The smallest absolute Gasteiger partial charge is 0.315 e. The summed E-state index contributed by atoms with van der Waals surface area (Å²) in [7, 11) is 0. The summed E-state index contributed by atoms with van der Waals surface area (Å²) in [6, 6.07) is 0.963. The molecule has 2 heterocycles. The number of rotatable bonds is 6. The van der Waals surface area contributed by atoms with Crippen LogP contribution in [0.4, 0.5) is 4.79 Å². The van der Waals surface area contributed by atoms with Gasteiger partial charge in [0.05, 0.1) is 0 Å². The van der Waals surface area contributed by atoms with Crippen LogP contribution in [-0.2, 0) is 0 Å². The van der Waals surface area contributed by atoms with Gasteiger partial charge in [0.1, 0.15) is 0 Å². The number of hydrogen-bond donors (Lipinski definition) is 2. The van der Waals surface area contributed by atoms with E-state index in [2.05, 4.69) is 40.9 Å². The minimum Gasteiger partial charge on any atom is -0.337 e. The third-order valence-corrected chi connectivity index (χ3v) is 5.04. The molecule has 0 spiro atoms. The van der Waals surface area contributed by atoms with Crippen molar-refractivity contribution in [2.24, 2.45) is 0 Å². The first-order valence-corrected chi connectivity index (χ1v) is 9.19. The van der Waals surface area contributed by atoms with Gasteiger partial charge < -0.3 is 10.6 Å². The number of nitrogens with one attached hydrogen (secondary N) is 2. The molecule has 0 aromatic rings. The molecule has 1 atom stereocenters. The van der Waals surface area contributed by atoms with Gasteiger partial charge in [0.25, 0.3) is 0 Å². The van der Waals surface area contributed by atoms with E-state index < -0.39 is 0 Å². The maximum Gasteiger partial charge on any atom is 0.315 e. The highest BCUT2D eigenvalue weighted by atomic mass is 16.2. The lowest BCUT2D eigenvalue weighted by atomic mass is 10.0. The number of hydrogen-bond acceptors (Lipinski definition) is 3. The average Bonchev–Trinajstić information content (AvgIpc) is 2.51. The Bertz CT molecular complexity index is 390. The summed E-state index contributed by atoms with van der Waals surface area (Å²) in [4.78, 5) is 16.9. The van der Waals surface area contributed by atoms with Crippen LogP contribution < -0.4 is 10.6 Å². The fourth-order valence-electron chi connectivity index (χ4n) is 3.66. The summed E-state index contributed by atoms with van der Waals surface area (Å²) in [6.07, 6.45) is 5.98. The van der Waals surface area contributed by atoms with E-state index in [0.29, 0.717) is 12.1 Å². The normalized spacial score (nSPS) is 24.3. The van der Waals surface area contributed by atoms with Crippen molar-refractivity contribution in [1.29, 1.82) is 0 Å². The second-order valence-corrected chi connectivity index (χ2v) is 7.29. The lowest BCUT2D eigenvalue weighted by Crippen LogP contribution is -2.49. The van der Waals surface area contributed by atoms with Gasteiger partial charge in [-0.25, -0.2) is 4.79 Å². The molecule has 23 heavy (non-hydrogen) atoms. The van der Waals surface area contributed by atoms with Crippen molar-refractivity contribution < 1.29 is 4.79 Å². The van der Waals surface area contributed by atoms with Gasteiger partial charge in [-0.3, -0.25) is 9.80 Å². The first-order chi connectivity index (χ1) is 11.0. The predicted octanol–water partition coefficient (Wildman–Crippen LogP) is 2.20. The highest BCUT2D eigenvalue weighted by Gasteiger charge is 2.21. The van der Waals surface area contributed by atoms with E-state index in [1.807, 2.05) is 0 Å². The van der Waals surface area contributed by atoms with Gasteiger partial charge in [0, 0.05) is 44.8 Å². The summed E-state index contributed by atoms with van der Waals surface area (Å²) in [5.74, 6) is 0. The van der Waals surface area contributed by atoms with Crippen LogP contribution in [0.3, 0.4) is 0 Å². The van der Waals surface area contributed by atoms with Crippen LogP contribution in [0.1, 0.15) is 46.0 Å². The van der Waals surface area contributed by atoms with Gasteiger partial charge in [-0.2, -0.15) is 0 Å². The molecule has 2 aliphatic heterocycles. The second kappa shape index (κ2) is 9.28. The minimum atomic E-state index is -0.00647. The van der Waals surface area contributed by atoms with Crippen molar-refractivity contribution in [2.75, 3.05) is 39.3 Å². The second-order valence-electron chi connectivity index (χ2n) is 7.29. The van der Waals surface area contributed by atoms with E-state index in [-0.39, 0.29) is 6.03 Å². The molecule has 2 N–H and O–H groups in total. The number of piperidine rings is 2. The van der Waals surface area contributed by atoms with Crippen molar-refractivity contribution in [3.8, 4) is 0 Å². The van der Waals surface area contributed by atoms with Gasteiger partial charge >= 0.3 is 6.03 Å². The van der Waals surface area contributed by atoms with Gasteiger partial charge in [0.15, 0.2) is 0 Å². The molecule has 132 valence electrons. The van der Waals surface area contributed by atoms with Gasteiger partial charge in [0.2, 0.25) is 0 Å². The zero-order valence-corrected chi connectivity index (χ0v) is 14.9. The van der Waals surface area contributed by atoms with Gasteiger partial charge in [-0.1, -0.05) is 18.6 Å². The molecule has 1 unspecified atom stereocenters. The highest BCUT2D eigenvalue weighted by molar-refractivity contribution is 5.74. The maximum absolute atomic E-state index is 12.0. The molecule has 0 aliphatic carbocycles. The van der Waals surface area contributed by atoms with Crippen LogP contribution in [0, 0.1) is 0 Å². The van der Waals surface area contributed by atoms with Crippen LogP contribution >= 0.6 is 0 Å². The number of likely N-dealkylation sites (tertiary alicyclic amines) is 2. The fraction of sp³-hybridized carbons (Fsp3) is 0.833. The summed E-state index contributed by atoms with van der Waals surface area (Å²) >= 11 is 0. The number of nitrogens with zero attached hydrogens (tertiary/aromatic N) is 2. The third-order valence-electron chi connectivity index (χ3n) is 5.04. The molecule has 2 aliphatic rings. The molecule has 0 saturated carbocycles. The Morgan fingerprint density at radius 3 is 2.57 bits per heavy atom. The van der Waals surface area contributed by atoms with Crippen LogP contribution in [0.2, 0.25) is 0 Å². The van der Waals surface area contributed by atoms with E-state index in [1.54, 1.807) is 0 Å². The summed E-state index contributed by atoms with van der Waals surface area (Å²) in [5.41, 5.74) is 1.21. The average molecular weight is 322 g/mol. The summed E-state index contributed by atoms with van der Waals surface area (Å²) < 4.78 is 0. The molecule has 0 aromatic carbocycles. The monoisotopic (exact) mass is 322 g/mol. The summed E-state index contributed by atoms with van der Waals surface area (Å²) in [5, 5.41) is 6.15. The van der Waals surface area contributed by atoms with Crippen molar-refractivity contribution in [2.45, 2.75) is 58.0 Å². The van der Waals surface area contributed by atoms with E-state index in [0.717, 1.165) is 45.6 Å². The van der Waals surface area contributed by atoms with E-state index in [9.17, 15) is 4.79 Å². The van der Waals surface area contributed by atoms with Gasteiger partial charge in [-0.15, -0.1) is 0 Å². The molecule has 2 amide bonds. The molecule has 2 saturated heterocycles. The van der Waals surface area contributed by atoms with Crippen molar-refractivity contribution in [3.05, 3.63) is 12.2 Å². The number of amides is 2. The Balaban J connectivity index is 1.57. The largest absolute Gasteiger partial charge is 0.337 e. The standard InChI is InChI=1S/C18H34N4O/c1-15(2)14-21-11-7-17(8-12-21)20-18(23)19-9-13-22-10-5-4-6-16(22)3/h16-17H,1,4-14H2,2-3H3,(H2,19,20,23). The van der Waals surface area contributed by atoms with Crippen LogP contribution in [0.5, 0.6) is 0 Å². The van der Waals surface area contributed by atoms with Crippen LogP contribution in [0.25, 0.3) is 0 Å². The first-order valence-electron chi connectivity index (χ1n) is 9.19. The maximum atomic E-state index is 12.0. The zero-order chi connectivity index (χ0) is 16.7. The quantitative estimate of drug-likeness (QED) is 0.737. The molecule has 2 fully saturated rings. The summed E-state index contributed by atoms with van der Waals surface area (Å²) in [6.45, 7) is 14.3. The lowest BCUT2D eigenvalue weighted by Gasteiger charge is -2.34. The Kier molecular flexibility index (Phi) is 7.37. The third kappa shape index (κ3) is 6.51. The van der Waals surface area contributed by atoms with Crippen LogP contribution in [-0.4, -0.2) is 67.2 Å². The van der Waals surface area contributed by atoms with E-state index in [1.165, 1.54) is 31.4 Å².